The summed E-state index contributed by atoms with van der Waals surface area (Å²) in [6.45, 7) is 3.27. The average molecular weight is 204 g/mol. The summed E-state index contributed by atoms with van der Waals surface area (Å²) in [4.78, 5) is 13.0. The van der Waals surface area contributed by atoms with Crippen LogP contribution in [0.15, 0.2) is 18.2 Å². The van der Waals surface area contributed by atoms with E-state index < -0.39 is 0 Å². The Bertz CT molecular complexity index is 387. The third-order valence-electron chi connectivity index (χ3n) is 2.81. The number of fused-ring (bicyclic) bond motifs is 1. The zero-order valence-corrected chi connectivity index (χ0v) is 9.21. The highest BCUT2D eigenvalue weighted by Crippen LogP contribution is 2.27. The summed E-state index contributed by atoms with van der Waals surface area (Å²) in [5.74, 6) is 0.0209. The van der Waals surface area contributed by atoms with Gasteiger partial charge in [0.1, 0.15) is 0 Å². The number of nitrogens with zero attached hydrogens (tertiary/aromatic N) is 1. The number of rotatable bonds is 2. The number of nitrogens with one attached hydrogen (secondary N) is 1. The van der Waals surface area contributed by atoms with Crippen LogP contribution in [-0.4, -0.2) is 19.5 Å². The Hall–Kier alpha value is -1.51. The van der Waals surface area contributed by atoms with Gasteiger partial charge in [-0.3, -0.25) is 4.79 Å². The van der Waals surface area contributed by atoms with Gasteiger partial charge in [-0.25, -0.2) is 0 Å². The van der Waals surface area contributed by atoms with Crippen molar-refractivity contribution in [2.45, 2.75) is 19.9 Å². The van der Waals surface area contributed by atoms with Crippen LogP contribution in [0.2, 0.25) is 0 Å². The van der Waals surface area contributed by atoms with Crippen molar-refractivity contribution >= 4 is 11.6 Å². The van der Waals surface area contributed by atoms with Gasteiger partial charge in [0.15, 0.2) is 0 Å². The molecule has 0 radical (unpaired) electrons. The average Bonchev–Trinajstić information content (AvgIpc) is 2.57. The molecule has 0 unspecified atom stereocenters. The van der Waals surface area contributed by atoms with Gasteiger partial charge in [0.05, 0.1) is 0 Å². The Kier molecular flexibility index (Phi) is 2.62. The fourth-order valence-corrected chi connectivity index (χ4v) is 1.96. The van der Waals surface area contributed by atoms with Crippen molar-refractivity contribution in [1.29, 1.82) is 0 Å². The van der Waals surface area contributed by atoms with Crippen LogP contribution < -0.4 is 10.2 Å². The topological polar surface area (TPSA) is 32.3 Å². The predicted molar refractivity (Wildman–Crippen MR) is 60.9 cm³/mol. The number of anilines is 1. The molecule has 0 aliphatic carbocycles. The molecular formula is C12H16N2O. The first-order valence-electron chi connectivity index (χ1n) is 5.24. The Morgan fingerprint density at radius 1 is 1.53 bits per heavy atom. The maximum absolute atomic E-state index is 10.8. The molecule has 1 aromatic rings. The Labute approximate surface area is 90.1 Å². The van der Waals surface area contributed by atoms with E-state index in [0.29, 0.717) is 6.54 Å². The molecule has 0 saturated carbocycles. The summed E-state index contributed by atoms with van der Waals surface area (Å²) in [5.41, 5.74) is 3.89. The minimum atomic E-state index is 0.0209. The van der Waals surface area contributed by atoms with Crippen LogP contribution in [0.25, 0.3) is 0 Å². The number of hydrogen-bond donors (Lipinski definition) is 1. The molecule has 0 bridgehead atoms. The molecule has 0 saturated heterocycles. The van der Waals surface area contributed by atoms with Gasteiger partial charge >= 0.3 is 0 Å². The van der Waals surface area contributed by atoms with Crippen molar-refractivity contribution in [1.82, 2.24) is 5.32 Å². The van der Waals surface area contributed by atoms with Crippen LogP contribution >= 0.6 is 0 Å². The number of carbonyl (C=O) groups excluding carboxylic acids is 1. The number of likely N-dealkylation sites (N-methyl/N-ethyl adjacent to an activating group) is 1. The highest BCUT2D eigenvalue weighted by atomic mass is 16.1. The van der Waals surface area contributed by atoms with E-state index >= 15 is 0 Å². The van der Waals surface area contributed by atoms with Crippen LogP contribution in [0.1, 0.15) is 18.1 Å². The van der Waals surface area contributed by atoms with Gasteiger partial charge in [-0.15, -0.1) is 0 Å². The summed E-state index contributed by atoms with van der Waals surface area (Å²) < 4.78 is 0. The summed E-state index contributed by atoms with van der Waals surface area (Å²) in [6, 6.07) is 6.41. The van der Waals surface area contributed by atoms with Crippen LogP contribution in [-0.2, 0) is 17.8 Å². The number of hydrogen-bond acceptors (Lipinski definition) is 2. The monoisotopic (exact) mass is 204 g/mol. The van der Waals surface area contributed by atoms with E-state index in [1.807, 2.05) is 0 Å². The van der Waals surface area contributed by atoms with Gasteiger partial charge in [-0.2, -0.15) is 0 Å². The van der Waals surface area contributed by atoms with Crippen LogP contribution in [0.3, 0.4) is 0 Å². The third kappa shape index (κ3) is 2.12. The zero-order valence-electron chi connectivity index (χ0n) is 9.21. The van der Waals surface area contributed by atoms with E-state index in [9.17, 15) is 4.79 Å². The highest BCUT2D eigenvalue weighted by Gasteiger charge is 2.15. The quantitative estimate of drug-likeness (QED) is 0.788. The lowest BCUT2D eigenvalue weighted by Crippen LogP contribution is -2.18. The van der Waals surface area contributed by atoms with Gasteiger partial charge < -0.3 is 10.2 Å². The molecule has 0 atom stereocenters. The molecule has 1 amide bonds. The first-order chi connectivity index (χ1) is 7.16. The van der Waals surface area contributed by atoms with Crippen LogP contribution in [0.4, 0.5) is 5.69 Å². The lowest BCUT2D eigenvalue weighted by atomic mass is 10.1. The lowest BCUT2D eigenvalue weighted by Gasteiger charge is -2.12. The largest absolute Gasteiger partial charge is 0.374 e. The summed E-state index contributed by atoms with van der Waals surface area (Å²) in [7, 11) is 2.11. The molecule has 1 aliphatic rings. The van der Waals surface area contributed by atoms with Crippen molar-refractivity contribution in [2.24, 2.45) is 0 Å². The maximum atomic E-state index is 10.8. The fraction of sp³-hybridized carbons (Fsp3) is 0.417. The second-order valence-corrected chi connectivity index (χ2v) is 4.04. The molecule has 0 fully saturated rings. The van der Waals surface area contributed by atoms with Crippen LogP contribution in [0, 0.1) is 0 Å². The first-order valence-corrected chi connectivity index (χ1v) is 5.24. The lowest BCUT2D eigenvalue weighted by molar-refractivity contribution is -0.119. The third-order valence-corrected chi connectivity index (χ3v) is 2.81. The smallest absolute Gasteiger partial charge is 0.217 e. The molecule has 0 aromatic heterocycles. The normalized spacial score (nSPS) is 13.9. The maximum Gasteiger partial charge on any atom is 0.217 e. The molecule has 1 aromatic carbocycles. The predicted octanol–water partition coefficient (Wildman–Crippen LogP) is 1.31. The van der Waals surface area contributed by atoms with E-state index in [4.69, 9.17) is 0 Å². The molecule has 3 nitrogen and oxygen atoms in total. The van der Waals surface area contributed by atoms with Crippen molar-refractivity contribution in [2.75, 3.05) is 18.5 Å². The fourth-order valence-electron chi connectivity index (χ4n) is 1.96. The van der Waals surface area contributed by atoms with Gasteiger partial charge in [0.25, 0.3) is 0 Å². The summed E-state index contributed by atoms with van der Waals surface area (Å²) >= 11 is 0. The summed E-state index contributed by atoms with van der Waals surface area (Å²) in [6.07, 6.45) is 1.11. The molecule has 2 rings (SSSR count). The van der Waals surface area contributed by atoms with E-state index in [-0.39, 0.29) is 5.91 Å². The van der Waals surface area contributed by atoms with E-state index in [0.717, 1.165) is 13.0 Å². The number of benzene rings is 1. The van der Waals surface area contributed by atoms with Crippen LogP contribution in [0.5, 0.6) is 0 Å². The first kappa shape index (κ1) is 10.0. The minimum Gasteiger partial charge on any atom is -0.374 e. The molecule has 15 heavy (non-hydrogen) atoms. The van der Waals surface area contributed by atoms with Crippen molar-refractivity contribution < 1.29 is 4.79 Å². The number of carbonyl (C=O) groups is 1. The molecule has 1 aliphatic heterocycles. The van der Waals surface area contributed by atoms with E-state index in [2.05, 4.69) is 35.5 Å². The SMILES string of the molecule is CC(=O)NCc1ccc2c(c1)CCN2C. The zero-order chi connectivity index (χ0) is 10.8. The van der Waals surface area contributed by atoms with Gasteiger partial charge in [0.2, 0.25) is 5.91 Å². The Morgan fingerprint density at radius 3 is 3.07 bits per heavy atom. The highest BCUT2D eigenvalue weighted by molar-refractivity contribution is 5.72. The van der Waals surface area contributed by atoms with Crippen molar-refractivity contribution in [3.63, 3.8) is 0 Å². The minimum absolute atomic E-state index is 0.0209. The van der Waals surface area contributed by atoms with E-state index in [1.165, 1.54) is 16.8 Å². The van der Waals surface area contributed by atoms with Gasteiger partial charge in [-0.05, 0) is 23.6 Å². The summed E-state index contributed by atoms with van der Waals surface area (Å²) in [5, 5.41) is 2.81. The molecule has 3 heteroatoms. The van der Waals surface area contributed by atoms with Gasteiger partial charge in [0, 0.05) is 32.7 Å². The second-order valence-electron chi connectivity index (χ2n) is 4.04. The molecule has 80 valence electrons. The Morgan fingerprint density at radius 2 is 2.33 bits per heavy atom. The Balaban J connectivity index is 2.12. The molecular weight excluding hydrogens is 188 g/mol. The molecule has 1 heterocycles. The molecule has 1 N–H and O–H groups in total. The van der Waals surface area contributed by atoms with Crippen molar-refractivity contribution in [3.05, 3.63) is 29.3 Å². The number of amides is 1. The van der Waals surface area contributed by atoms with Gasteiger partial charge in [-0.1, -0.05) is 12.1 Å². The second kappa shape index (κ2) is 3.93. The molecule has 0 spiro atoms. The van der Waals surface area contributed by atoms with E-state index in [1.54, 1.807) is 6.92 Å². The van der Waals surface area contributed by atoms with Crippen molar-refractivity contribution in [3.8, 4) is 0 Å². The standard InChI is InChI=1S/C12H16N2O/c1-9(15)13-8-10-3-4-12-11(7-10)5-6-14(12)2/h3-4,7H,5-6,8H2,1-2H3,(H,13,15).